The van der Waals surface area contributed by atoms with Crippen LogP contribution in [0.15, 0.2) is 77.7 Å². The van der Waals surface area contributed by atoms with Crippen LogP contribution in [0.3, 0.4) is 0 Å². The molecule has 1 atom stereocenters. The van der Waals surface area contributed by atoms with E-state index in [4.69, 9.17) is 21.1 Å². The molecule has 1 unspecified atom stereocenters. The Morgan fingerprint density at radius 3 is 2.32 bits per heavy atom. The predicted molar refractivity (Wildman–Crippen MR) is 120 cm³/mol. The number of hydrogen-bond donors (Lipinski definition) is 2. The van der Waals surface area contributed by atoms with Crippen LogP contribution in [-0.2, 0) is 14.8 Å². The number of carbonyl (C=O) groups excluding carboxylic acids is 1. The summed E-state index contributed by atoms with van der Waals surface area (Å²) in [4.78, 5) is 12.5. The van der Waals surface area contributed by atoms with Crippen molar-refractivity contribution in [1.82, 2.24) is 0 Å². The quantitative estimate of drug-likeness (QED) is 0.514. The van der Waals surface area contributed by atoms with Crippen molar-refractivity contribution < 1.29 is 22.7 Å². The SMILES string of the molecule is COc1cccc(OC(C)C(=O)Nc2ccc(S(=O)(=O)Nc3ccccc3Cl)cc2)c1. The summed E-state index contributed by atoms with van der Waals surface area (Å²) in [5.41, 5.74) is 0.716. The molecule has 162 valence electrons. The van der Waals surface area contributed by atoms with Crippen molar-refractivity contribution in [2.75, 3.05) is 17.1 Å². The lowest BCUT2D eigenvalue weighted by molar-refractivity contribution is -0.122. The van der Waals surface area contributed by atoms with Crippen molar-refractivity contribution in [3.63, 3.8) is 0 Å². The number of rotatable bonds is 8. The number of carbonyl (C=O) groups is 1. The van der Waals surface area contributed by atoms with Crippen LogP contribution in [0.4, 0.5) is 11.4 Å². The lowest BCUT2D eigenvalue weighted by Gasteiger charge is -2.15. The molecule has 0 aromatic heterocycles. The van der Waals surface area contributed by atoms with Gasteiger partial charge in [0.25, 0.3) is 15.9 Å². The molecule has 0 heterocycles. The fourth-order valence-corrected chi connectivity index (χ4v) is 3.96. The molecule has 3 rings (SSSR count). The minimum Gasteiger partial charge on any atom is -0.497 e. The monoisotopic (exact) mass is 460 g/mol. The molecule has 0 saturated heterocycles. The zero-order valence-electron chi connectivity index (χ0n) is 16.8. The van der Waals surface area contributed by atoms with E-state index in [1.807, 2.05) is 0 Å². The second-order valence-corrected chi connectivity index (χ2v) is 8.63. The third-order valence-corrected chi connectivity index (χ3v) is 5.98. The van der Waals surface area contributed by atoms with Gasteiger partial charge in [-0.05, 0) is 55.5 Å². The van der Waals surface area contributed by atoms with Gasteiger partial charge in [-0.2, -0.15) is 0 Å². The number of para-hydroxylation sites is 1. The van der Waals surface area contributed by atoms with Gasteiger partial charge in [0.2, 0.25) is 0 Å². The third kappa shape index (κ3) is 5.90. The van der Waals surface area contributed by atoms with Crippen LogP contribution in [0.1, 0.15) is 6.92 Å². The first-order valence-corrected chi connectivity index (χ1v) is 11.1. The Morgan fingerprint density at radius 1 is 0.968 bits per heavy atom. The highest BCUT2D eigenvalue weighted by Crippen LogP contribution is 2.25. The number of halogens is 1. The number of ether oxygens (including phenoxy) is 2. The first-order valence-electron chi connectivity index (χ1n) is 9.27. The van der Waals surface area contributed by atoms with E-state index >= 15 is 0 Å². The van der Waals surface area contributed by atoms with Gasteiger partial charge in [0.05, 0.1) is 22.7 Å². The molecule has 2 N–H and O–H groups in total. The molecule has 0 aliphatic heterocycles. The van der Waals surface area contributed by atoms with Crippen LogP contribution in [-0.4, -0.2) is 27.5 Å². The van der Waals surface area contributed by atoms with Crippen LogP contribution in [0.25, 0.3) is 0 Å². The maximum Gasteiger partial charge on any atom is 0.265 e. The van der Waals surface area contributed by atoms with Crippen LogP contribution >= 0.6 is 11.6 Å². The molecule has 0 aliphatic carbocycles. The molecular formula is C22H21ClN2O5S. The summed E-state index contributed by atoms with van der Waals surface area (Å²) in [7, 11) is -2.28. The van der Waals surface area contributed by atoms with Gasteiger partial charge < -0.3 is 14.8 Å². The predicted octanol–water partition coefficient (Wildman–Crippen LogP) is 4.56. The number of benzene rings is 3. The van der Waals surface area contributed by atoms with Gasteiger partial charge in [-0.25, -0.2) is 8.42 Å². The number of nitrogens with one attached hydrogen (secondary N) is 2. The molecule has 3 aromatic carbocycles. The maximum absolute atomic E-state index is 12.6. The maximum atomic E-state index is 12.6. The van der Waals surface area contributed by atoms with Crippen molar-refractivity contribution in [2.45, 2.75) is 17.9 Å². The summed E-state index contributed by atoms with van der Waals surface area (Å²) in [5.74, 6) is 0.731. The fraction of sp³-hybridized carbons (Fsp3) is 0.136. The Morgan fingerprint density at radius 2 is 1.65 bits per heavy atom. The minimum atomic E-state index is -3.83. The summed E-state index contributed by atoms with van der Waals surface area (Å²) in [6.07, 6.45) is -0.780. The van der Waals surface area contributed by atoms with Crippen molar-refractivity contribution in [2.24, 2.45) is 0 Å². The zero-order chi connectivity index (χ0) is 22.4. The molecule has 0 spiro atoms. The first-order chi connectivity index (χ1) is 14.8. The van der Waals surface area contributed by atoms with Gasteiger partial charge in [-0.15, -0.1) is 0 Å². The average molecular weight is 461 g/mol. The normalized spacial score (nSPS) is 12.0. The summed E-state index contributed by atoms with van der Waals surface area (Å²) in [6.45, 7) is 1.61. The highest BCUT2D eigenvalue weighted by atomic mass is 35.5. The molecule has 1 amide bonds. The number of hydrogen-bond acceptors (Lipinski definition) is 5. The van der Waals surface area contributed by atoms with Gasteiger partial charge in [0.15, 0.2) is 6.10 Å². The van der Waals surface area contributed by atoms with Crippen LogP contribution < -0.4 is 19.5 Å². The van der Waals surface area contributed by atoms with Crippen LogP contribution in [0.5, 0.6) is 11.5 Å². The number of sulfonamides is 1. The Kier molecular flexibility index (Phi) is 7.04. The van der Waals surface area contributed by atoms with E-state index < -0.39 is 16.1 Å². The highest BCUT2D eigenvalue weighted by molar-refractivity contribution is 7.92. The average Bonchev–Trinajstić information content (AvgIpc) is 2.75. The third-order valence-electron chi connectivity index (χ3n) is 4.27. The van der Waals surface area contributed by atoms with E-state index in [9.17, 15) is 13.2 Å². The van der Waals surface area contributed by atoms with E-state index in [0.29, 0.717) is 22.2 Å². The van der Waals surface area contributed by atoms with Crippen molar-refractivity contribution in [3.8, 4) is 11.5 Å². The number of methoxy groups -OCH3 is 1. The number of anilines is 2. The molecule has 7 nitrogen and oxygen atoms in total. The van der Waals surface area contributed by atoms with Crippen molar-refractivity contribution in [1.29, 1.82) is 0 Å². The fourth-order valence-electron chi connectivity index (χ4n) is 2.64. The van der Waals surface area contributed by atoms with Crippen molar-refractivity contribution in [3.05, 3.63) is 77.8 Å². The molecule has 0 radical (unpaired) electrons. The van der Waals surface area contributed by atoms with E-state index in [0.717, 1.165) is 0 Å². The summed E-state index contributed by atoms with van der Waals surface area (Å²) in [6, 6.07) is 19.2. The topological polar surface area (TPSA) is 93.7 Å². The molecule has 3 aromatic rings. The van der Waals surface area contributed by atoms with Gasteiger partial charge in [-0.3, -0.25) is 9.52 Å². The molecule has 0 aliphatic rings. The van der Waals surface area contributed by atoms with Gasteiger partial charge in [0.1, 0.15) is 11.5 Å². The van der Waals surface area contributed by atoms with Crippen LogP contribution in [0, 0.1) is 0 Å². The Hall–Kier alpha value is -3.23. The minimum absolute atomic E-state index is 0.0334. The van der Waals surface area contributed by atoms with Gasteiger partial charge >= 0.3 is 0 Å². The van der Waals surface area contributed by atoms with E-state index in [1.54, 1.807) is 62.6 Å². The van der Waals surface area contributed by atoms with Gasteiger partial charge in [0, 0.05) is 11.8 Å². The number of amides is 1. The largest absolute Gasteiger partial charge is 0.497 e. The molecule has 31 heavy (non-hydrogen) atoms. The second kappa shape index (κ2) is 9.72. The van der Waals surface area contributed by atoms with Gasteiger partial charge in [-0.1, -0.05) is 29.8 Å². The summed E-state index contributed by atoms with van der Waals surface area (Å²) in [5, 5.41) is 2.99. The summed E-state index contributed by atoms with van der Waals surface area (Å²) >= 11 is 6.01. The molecule has 9 heteroatoms. The Balaban J connectivity index is 1.64. The van der Waals surface area contributed by atoms with E-state index in [-0.39, 0.29) is 16.5 Å². The lowest BCUT2D eigenvalue weighted by atomic mass is 10.3. The Bertz CT molecular complexity index is 1170. The summed E-state index contributed by atoms with van der Waals surface area (Å²) < 4.78 is 38.3. The van der Waals surface area contributed by atoms with E-state index in [1.165, 1.54) is 24.3 Å². The lowest BCUT2D eigenvalue weighted by Crippen LogP contribution is -2.30. The molecule has 0 fully saturated rings. The zero-order valence-corrected chi connectivity index (χ0v) is 18.4. The molecule has 0 bridgehead atoms. The van der Waals surface area contributed by atoms with Crippen molar-refractivity contribution >= 4 is 38.9 Å². The smallest absolute Gasteiger partial charge is 0.265 e. The highest BCUT2D eigenvalue weighted by Gasteiger charge is 2.18. The van der Waals surface area contributed by atoms with E-state index in [2.05, 4.69) is 10.0 Å². The first kappa shape index (κ1) is 22.5. The standard InChI is InChI=1S/C22H21ClN2O5S/c1-15(30-18-7-5-6-17(14-18)29-2)22(26)24-16-10-12-19(13-11-16)31(27,28)25-21-9-4-3-8-20(21)23/h3-15,25H,1-2H3,(H,24,26). The molecule has 0 saturated carbocycles. The van der Waals surface area contributed by atoms with Crippen LogP contribution in [0.2, 0.25) is 5.02 Å². The second-order valence-electron chi connectivity index (χ2n) is 6.54. The molecular weight excluding hydrogens is 440 g/mol. The Labute approximate surface area is 186 Å².